The van der Waals surface area contributed by atoms with Gasteiger partial charge in [0.15, 0.2) is 0 Å². The molecule has 0 bridgehead atoms. The molecule has 0 atom stereocenters. The predicted molar refractivity (Wildman–Crippen MR) is 98.7 cm³/mol. The van der Waals surface area contributed by atoms with Gasteiger partial charge in [-0.3, -0.25) is 0 Å². The monoisotopic (exact) mass is 432 g/mol. The van der Waals surface area contributed by atoms with Crippen molar-refractivity contribution in [3.63, 3.8) is 0 Å². The van der Waals surface area contributed by atoms with E-state index in [0.29, 0.717) is 21.9 Å². The van der Waals surface area contributed by atoms with Gasteiger partial charge in [-0.25, -0.2) is 0 Å². The molecule has 0 N–H and O–H groups in total. The van der Waals surface area contributed by atoms with Gasteiger partial charge in [-0.2, -0.15) is 8.42 Å². The fourth-order valence-corrected chi connectivity index (χ4v) is 3.49. The Balaban J connectivity index is 2.34. The van der Waals surface area contributed by atoms with Crippen molar-refractivity contribution < 1.29 is 17.3 Å². The zero-order valence-electron chi connectivity index (χ0n) is 13.6. The molecule has 0 heterocycles. The average molecular weight is 434 g/mol. The van der Waals surface area contributed by atoms with Crippen LogP contribution in [-0.2, 0) is 10.1 Å². The molecule has 4 nitrogen and oxygen atoms in total. The molecule has 0 saturated heterocycles. The van der Waals surface area contributed by atoms with Crippen LogP contribution in [0.25, 0.3) is 0 Å². The molecule has 0 aliphatic carbocycles. The van der Waals surface area contributed by atoms with Crippen molar-refractivity contribution in [1.82, 2.24) is 0 Å². The summed E-state index contributed by atoms with van der Waals surface area (Å²) in [7, 11) is -3.97. The highest BCUT2D eigenvalue weighted by Gasteiger charge is 2.19. The van der Waals surface area contributed by atoms with E-state index in [1.54, 1.807) is 32.0 Å². The molecule has 2 aromatic rings. The summed E-state index contributed by atoms with van der Waals surface area (Å²) in [6.07, 6.45) is 0.823. The van der Waals surface area contributed by atoms with Crippen molar-refractivity contribution in [3.8, 4) is 11.5 Å². The maximum absolute atomic E-state index is 12.5. The standard InChI is InChI=1S/C17H18BrClO4S/c1-4-7-22-16-10-14(5-6-15(16)18)24(20,21)23-13-8-11(2)17(19)12(3)9-13/h5-6,8-10H,4,7H2,1-3H3. The summed E-state index contributed by atoms with van der Waals surface area (Å²) in [5, 5.41) is 0.596. The van der Waals surface area contributed by atoms with E-state index >= 15 is 0 Å². The third-order valence-corrected chi connectivity index (χ3v) is 5.76. The lowest BCUT2D eigenvalue weighted by Gasteiger charge is -2.12. The third-order valence-electron chi connectivity index (χ3n) is 3.27. The van der Waals surface area contributed by atoms with E-state index in [2.05, 4.69) is 15.9 Å². The van der Waals surface area contributed by atoms with Crippen LogP contribution in [0, 0.1) is 13.8 Å². The molecule has 0 aliphatic rings. The van der Waals surface area contributed by atoms with E-state index in [-0.39, 0.29) is 10.6 Å². The molecule has 0 amide bonds. The summed E-state index contributed by atoms with van der Waals surface area (Å²) in [6, 6.07) is 7.73. The Morgan fingerprint density at radius 3 is 2.33 bits per heavy atom. The fraction of sp³-hybridized carbons (Fsp3) is 0.294. The molecule has 7 heteroatoms. The van der Waals surface area contributed by atoms with Crippen molar-refractivity contribution in [3.05, 3.63) is 51.0 Å². The van der Waals surface area contributed by atoms with Crippen LogP contribution in [0.4, 0.5) is 0 Å². The average Bonchev–Trinajstić information content (AvgIpc) is 2.51. The maximum atomic E-state index is 12.5. The first-order chi connectivity index (χ1) is 11.2. The van der Waals surface area contributed by atoms with Gasteiger partial charge in [0.05, 0.1) is 11.1 Å². The molecule has 0 saturated carbocycles. The lowest BCUT2D eigenvalue weighted by Crippen LogP contribution is -2.10. The van der Waals surface area contributed by atoms with Crippen LogP contribution in [0.15, 0.2) is 39.7 Å². The van der Waals surface area contributed by atoms with E-state index < -0.39 is 10.1 Å². The molecular formula is C17H18BrClO4S. The van der Waals surface area contributed by atoms with Crippen LogP contribution >= 0.6 is 27.5 Å². The van der Waals surface area contributed by atoms with Gasteiger partial charge in [-0.15, -0.1) is 0 Å². The number of halogens is 2. The summed E-state index contributed by atoms with van der Waals surface area (Å²) in [4.78, 5) is 0.0297. The second-order valence-electron chi connectivity index (χ2n) is 5.35. The number of ether oxygens (including phenoxy) is 1. The number of benzene rings is 2. The first-order valence-electron chi connectivity index (χ1n) is 7.38. The predicted octanol–water partition coefficient (Wildman–Crippen LogP) is 5.28. The summed E-state index contributed by atoms with van der Waals surface area (Å²) in [5.41, 5.74) is 1.51. The highest BCUT2D eigenvalue weighted by molar-refractivity contribution is 9.10. The van der Waals surface area contributed by atoms with Gasteiger partial charge in [0.1, 0.15) is 16.4 Å². The first-order valence-corrected chi connectivity index (χ1v) is 9.96. The van der Waals surface area contributed by atoms with Crippen molar-refractivity contribution in [2.24, 2.45) is 0 Å². The molecule has 24 heavy (non-hydrogen) atoms. The van der Waals surface area contributed by atoms with Gasteiger partial charge in [0.2, 0.25) is 0 Å². The van der Waals surface area contributed by atoms with E-state index in [4.69, 9.17) is 20.5 Å². The Kier molecular flexibility index (Phi) is 6.17. The number of hydrogen-bond donors (Lipinski definition) is 0. The SMILES string of the molecule is CCCOc1cc(S(=O)(=O)Oc2cc(C)c(Cl)c(C)c2)ccc1Br. The van der Waals surface area contributed by atoms with Crippen molar-refractivity contribution >= 4 is 37.6 Å². The van der Waals surface area contributed by atoms with Gasteiger partial charge in [0, 0.05) is 11.1 Å². The molecular weight excluding hydrogens is 416 g/mol. The van der Waals surface area contributed by atoms with Crippen LogP contribution < -0.4 is 8.92 Å². The first kappa shape index (κ1) is 19.1. The molecule has 0 fully saturated rings. The van der Waals surface area contributed by atoms with Gasteiger partial charge < -0.3 is 8.92 Å². The smallest absolute Gasteiger partial charge is 0.339 e. The summed E-state index contributed by atoms with van der Waals surface area (Å²) >= 11 is 9.44. The van der Waals surface area contributed by atoms with E-state index in [0.717, 1.165) is 17.5 Å². The van der Waals surface area contributed by atoms with Crippen LogP contribution in [-0.4, -0.2) is 15.0 Å². The van der Waals surface area contributed by atoms with Gasteiger partial charge in [0.25, 0.3) is 0 Å². The Bertz CT molecular complexity index is 827. The van der Waals surface area contributed by atoms with Crippen molar-refractivity contribution in [1.29, 1.82) is 0 Å². The molecule has 2 aromatic carbocycles. The zero-order valence-corrected chi connectivity index (χ0v) is 16.8. The van der Waals surface area contributed by atoms with Gasteiger partial charge in [-0.1, -0.05) is 18.5 Å². The van der Waals surface area contributed by atoms with E-state index in [1.165, 1.54) is 12.1 Å². The van der Waals surface area contributed by atoms with Gasteiger partial charge in [-0.05, 0) is 71.6 Å². The minimum Gasteiger partial charge on any atom is -0.492 e. The Labute approximate surface area is 156 Å². The lowest BCUT2D eigenvalue weighted by molar-refractivity contribution is 0.314. The highest BCUT2D eigenvalue weighted by atomic mass is 79.9. The third kappa shape index (κ3) is 4.43. The molecule has 0 spiro atoms. The Morgan fingerprint density at radius 2 is 1.75 bits per heavy atom. The number of aryl methyl sites for hydroxylation is 2. The highest BCUT2D eigenvalue weighted by Crippen LogP contribution is 2.31. The summed E-state index contributed by atoms with van der Waals surface area (Å²) in [6.45, 7) is 6.07. The van der Waals surface area contributed by atoms with Crippen LogP contribution in [0.1, 0.15) is 24.5 Å². The molecule has 130 valence electrons. The van der Waals surface area contributed by atoms with E-state index in [1.807, 2.05) is 6.92 Å². The minimum absolute atomic E-state index is 0.0297. The Morgan fingerprint density at radius 1 is 1.12 bits per heavy atom. The number of rotatable bonds is 6. The maximum Gasteiger partial charge on any atom is 0.339 e. The second kappa shape index (κ2) is 7.76. The minimum atomic E-state index is -3.97. The lowest BCUT2D eigenvalue weighted by atomic mass is 10.1. The zero-order chi connectivity index (χ0) is 17.9. The summed E-state index contributed by atoms with van der Waals surface area (Å²) < 4.78 is 36.5. The van der Waals surface area contributed by atoms with Crippen LogP contribution in [0.2, 0.25) is 5.02 Å². The van der Waals surface area contributed by atoms with Crippen LogP contribution in [0.5, 0.6) is 11.5 Å². The summed E-state index contributed by atoms with van der Waals surface area (Å²) in [5.74, 6) is 0.693. The normalized spacial score (nSPS) is 11.4. The number of hydrogen-bond acceptors (Lipinski definition) is 4. The Hall–Kier alpha value is -1.24. The quantitative estimate of drug-likeness (QED) is 0.582. The van der Waals surface area contributed by atoms with Gasteiger partial charge >= 0.3 is 10.1 Å². The molecule has 0 radical (unpaired) electrons. The largest absolute Gasteiger partial charge is 0.492 e. The molecule has 0 unspecified atom stereocenters. The second-order valence-corrected chi connectivity index (χ2v) is 8.13. The molecule has 0 aromatic heterocycles. The molecule has 0 aliphatic heterocycles. The van der Waals surface area contributed by atoms with Crippen molar-refractivity contribution in [2.75, 3.05) is 6.61 Å². The van der Waals surface area contributed by atoms with Crippen LogP contribution in [0.3, 0.4) is 0 Å². The van der Waals surface area contributed by atoms with E-state index in [9.17, 15) is 8.42 Å². The molecule has 2 rings (SSSR count). The topological polar surface area (TPSA) is 52.6 Å². The van der Waals surface area contributed by atoms with Crippen molar-refractivity contribution in [2.45, 2.75) is 32.1 Å². The fourth-order valence-electron chi connectivity index (χ4n) is 2.09.